The molecule has 0 aromatic carbocycles. The average Bonchev–Trinajstić information content (AvgIpc) is 2.30. The van der Waals surface area contributed by atoms with Crippen LogP contribution in [-0.4, -0.2) is 29.3 Å². The van der Waals surface area contributed by atoms with Crippen LogP contribution in [0.1, 0.15) is 34.8 Å². The number of rotatable bonds is 2. The second kappa shape index (κ2) is 4.40. The van der Waals surface area contributed by atoms with Gasteiger partial charge < -0.3 is 9.84 Å². The monoisotopic (exact) mass is 207 g/mol. The predicted molar refractivity (Wildman–Crippen MR) is 54.0 cm³/mol. The Balaban J connectivity index is 2.11. The van der Waals surface area contributed by atoms with Gasteiger partial charge in [-0.2, -0.15) is 0 Å². The quantitative estimate of drug-likeness (QED) is 0.801. The van der Waals surface area contributed by atoms with E-state index in [0.29, 0.717) is 5.92 Å². The van der Waals surface area contributed by atoms with Crippen LogP contribution in [0.5, 0.6) is 0 Å². The highest BCUT2D eigenvalue weighted by Crippen LogP contribution is 2.24. The fraction of sp³-hybridized carbons (Fsp3) is 0.455. The summed E-state index contributed by atoms with van der Waals surface area (Å²) in [5.41, 5.74) is 1.22. The summed E-state index contributed by atoms with van der Waals surface area (Å²) in [6.07, 6.45) is 3.37. The third-order valence-electron chi connectivity index (χ3n) is 2.67. The third-order valence-corrected chi connectivity index (χ3v) is 2.67. The van der Waals surface area contributed by atoms with Gasteiger partial charge in [0.15, 0.2) is 0 Å². The van der Waals surface area contributed by atoms with Crippen molar-refractivity contribution >= 4 is 5.97 Å². The summed E-state index contributed by atoms with van der Waals surface area (Å²) in [7, 11) is 0. The first-order chi connectivity index (χ1) is 7.27. The molecule has 15 heavy (non-hydrogen) atoms. The van der Waals surface area contributed by atoms with Gasteiger partial charge in [-0.15, -0.1) is 0 Å². The maximum atomic E-state index is 10.6. The Hall–Kier alpha value is -1.42. The van der Waals surface area contributed by atoms with E-state index in [4.69, 9.17) is 9.84 Å². The highest BCUT2D eigenvalue weighted by molar-refractivity contribution is 5.87. The van der Waals surface area contributed by atoms with E-state index >= 15 is 0 Å². The molecule has 0 spiro atoms. The number of aromatic carboxylic acids is 1. The summed E-state index contributed by atoms with van der Waals surface area (Å²) >= 11 is 0. The fourth-order valence-corrected chi connectivity index (χ4v) is 1.77. The van der Waals surface area contributed by atoms with E-state index in [-0.39, 0.29) is 5.56 Å². The molecule has 1 saturated heterocycles. The number of carbonyl (C=O) groups is 1. The molecule has 4 nitrogen and oxygen atoms in total. The third kappa shape index (κ3) is 2.33. The Morgan fingerprint density at radius 1 is 1.40 bits per heavy atom. The zero-order valence-corrected chi connectivity index (χ0v) is 8.35. The summed E-state index contributed by atoms with van der Waals surface area (Å²) in [6, 6.07) is 3.42. The molecule has 4 heteroatoms. The number of ether oxygens (including phenoxy) is 1. The predicted octanol–water partition coefficient (Wildman–Crippen LogP) is 1.67. The molecule has 0 aliphatic carbocycles. The molecule has 1 aromatic rings. The van der Waals surface area contributed by atoms with Gasteiger partial charge in [-0.25, -0.2) is 4.79 Å². The molecule has 0 atom stereocenters. The highest BCUT2D eigenvalue weighted by Gasteiger charge is 2.17. The first-order valence-electron chi connectivity index (χ1n) is 5.04. The topological polar surface area (TPSA) is 59.4 Å². The van der Waals surface area contributed by atoms with Crippen LogP contribution in [0.4, 0.5) is 0 Å². The Labute approximate surface area is 87.9 Å². The van der Waals surface area contributed by atoms with Crippen molar-refractivity contribution < 1.29 is 14.6 Å². The molecule has 0 bridgehead atoms. The number of nitrogens with zero attached hydrogens (tertiary/aromatic N) is 1. The van der Waals surface area contributed by atoms with Crippen LogP contribution in [0.2, 0.25) is 0 Å². The lowest BCUT2D eigenvalue weighted by Crippen LogP contribution is -2.15. The summed E-state index contributed by atoms with van der Waals surface area (Å²) in [5, 5.41) is 8.73. The van der Waals surface area contributed by atoms with Gasteiger partial charge in [-0.05, 0) is 25.0 Å². The number of aromatic nitrogens is 1. The lowest BCUT2D eigenvalue weighted by molar-refractivity contribution is 0.0695. The zero-order valence-electron chi connectivity index (χ0n) is 8.35. The fourth-order valence-electron chi connectivity index (χ4n) is 1.77. The molecule has 0 unspecified atom stereocenters. The minimum Gasteiger partial charge on any atom is -0.478 e. The molecular weight excluding hydrogens is 194 g/mol. The Morgan fingerprint density at radius 3 is 2.67 bits per heavy atom. The zero-order chi connectivity index (χ0) is 10.7. The van der Waals surface area contributed by atoms with E-state index in [1.165, 1.54) is 6.20 Å². The van der Waals surface area contributed by atoms with Crippen LogP contribution in [0, 0.1) is 0 Å². The largest absolute Gasteiger partial charge is 0.478 e. The van der Waals surface area contributed by atoms with E-state index in [1.807, 2.05) is 0 Å². The van der Waals surface area contributed by atoms with Crippen molar-refractivity contribution in [1.82, 2.24) is 4.98 Å². The second-order valence-corrected chi connectivity index (χ2v) is 3.66. The van der Waals surface area contributed by atoms with E-state index in [0.717, 1.165) is 31.7 Å². The van der Waals surface area contributed by atoms with Crippen LogP contribution >= 0.6 is 0 Å². The van der Waals surface area contributed by atoms with Crippen molar-refractivity contribution in [3.8, 4) is 0 Å². The Bertz CT molecular complexity index is 341. The molecule has 0 saturated carbocycles. The summed E-state index contributed by atoms with van der Waals surface area (Å²) < 4.78 is 5.26. The van der Waals surface area contributed by atoms with Crippen LogP contribution in [0.15, 0.2) is 18.3 Å². The highest BCUT2D eigenvalue weighted by atomic mass is 16.5. The SMILES string of the molecule is O=C(O)c1ccc(C2CCOCC2)nc1. The van der Waals surface area contributed by atoms with Crippen LogP contribution in [0.25, 0.3) is 0 Å². The lowest BCUT2D eigenvalue weighted by Gasteiger charge is -2.21. The molecule has 1 aliphatic heterocycles. The average molecular weight is 207 g/mol. The molecule has 1 aliphatic rings. The first kappa shape index (κ1) is 10.1. The van der Waals surface area contributed by atoms with Crippen molar-refractivity contribution in [2.24, 2.45) is 0 Å². The van der Waals surface area contributed by atoms with Crippen LogP contribution in [-0.2, 0) is 4.74 Å². The normalized spacial score (nSPS) is 17.6. The van der Waals surface area contributed by atoms with Crippen LogP contribution < -0.4 is 0 Å². The number of hydrogen-bond acceptors (Lipinski definition) is 3. The maximum Gasteiger partial charge on any atom is 0.337 e. The van der Waals surface area contributed by atoms with Gasteiger partial charge in [0.25, 0.3) is 0 Å². The van der Waals surface area contributed by atoms with Crippen molar-refractivity contribution in [2.45, 2.75) is 18.8 Å². The van der Waals surface area contributed by atoms with Crippen molar-refractivity contribution in [3.05, 3.63) is 29.6 Å². The molecule has 1 N–H and O–H groups in total. The van der Waals surface area contributed by atoms with Gasteiger partial charge in [0.05, 0.1) is 5.56 Å². The summed E-state index contributed by atoms with van der Waals surface area (Å²) in [6.45, 7) is 1.54. The number of pyridine rings is 1. The van der Waals surface area contributed by atoms with E-state index in [1.54, 1.807) is 12.1 Å². The molecule has 80 valence electrons. The number of hydrogen-bond donors (Lipinski definition) is 1. The smallest absolute Gasteiger partial charge is 0.337 e. The minimum absolute atomic E-state index is 0.241. The van der Waals surface area contributed by atoms with Gasteiger partial charge in [-0.1, -0.05) is 0 Å². The van der Waals surface area contributed by atoms with Gasteiger partial charge in [0, 0.05) is 31.0 Å². The van der Waals surface area contributed by atoms with Gasteiger partial charge in [-0.3, -0.25) is 4.98 Å². The van der Waals surface area contributed by atoms with Gasteiger partial charge in [0.2, 0.25) is 0 Å². The summed E-state index contributed by atoms with van der Waals surface area (Å²) in [5.74, 6) is -0.511. The maximum absolute atomic E-state index is 10.6. The molecule has 0 amide bonds. The van der Waals surface area contributed by atoms with Crippen LogP contribution in [0.3, 0.4) is 0 Å². The van der Waals surface area contributed by atoms with E-state index in [9.17, 15) is 4.79 Å². The molecule has 2 heterocycles. The second-order valence-electron chi connectivity index (χ2n) is 3.66. The Kier molecular flexibility index (Phi) is 2.97. The van der Waals surface area contributed by atoms with Gasteiger partial charge >= 0.3 is 5.97 Å². The minimum atomic E-state index is -0.930. The Morgan fingerprint density at radius 2 is 2.13 bits per heavy atom. The standard InChI is InChI=1S/C11H13NO3/c13-11(14)9-1-2-10(12-7-9)8-3-5-15-6-4-8/h1-2,7-8H,3-6H2,(H,13,14). The molecule has 1 aromatic heterocycles. The number of carboxylic acid groups (broad SMARTS) is 1. The van der Waals surface area contributed by atoms with Gasteiger partial charge in [0.1, 0.15) is 0 Å². The van der Waals surface area contributed by atoms with E-state index < -0.39 is 5.97 Å². The van der Waals surface area contributed by atoms with Crippen molar-refractivity contribution in [3.63, 3.8) is 0 Å². The molecular formula is C11H13NO3. The van der Waals surface area contributed by atoms with Crippen molar-refractivity contribution in [2.75, 3.05) is 13.2 Å². The molecule has 1 fully saturated rings. The lowest BCUT2D eigenvalue weighted by atomic mass is 9.96. The van der Waals surface area contributed by atoms with E-state index in [2.05, 4.69) is 4.98 Å². The first-order valence-corrected chi connectivity index (χ1v) is 5.04. The van der Waals surface area contributed by atoms with Crippen molar-refractivity contribution in [1.29, 1.82) is 0 Å². The number of carboxylic acids is 1. The molecule has 2 rings (SSSR count). The molecule has 0 radical (unpaired) electrons. The summed E-state index contributed by atoms with van der Waals surface area (Å²) in [4.78, 5) is 14.8.